The van der Waals surface area contributed by atoms with Gasteiger partial charge in [0.15, 0.2) is 5.16 Å². The molecular formula is C22H19FN4O2S. The predicted molar refractivity (Wildman–Crippen MR) is 112 cm³/mol. The number of thioether (sulfide) groups is 1. The average Bonchev–Trinajstić information content (AvgIpc) is 3.41. The molecule has 0 bridgehead atoms. The zero-order valence-electron chi connectivity index (χ0n) is 16.2. The number of amides is 1. The van der Waals surface area contributed by atoms with Crippen LogP contribution >= 0.6 is 11.8 Å². The van der Waals surface area contributed by atoms with E-state index in [-0.39, 0.29) is 11.7 Å². The molecule has 1 amide bonds. The molecule has 0 radical (unpaired) electrons. The second-order valence-electron chi connectivity index (χ2n) is 6.55. The maximum atomic E-state index is 13.3. The molecule has 152 valence electrons. The Bertz CT molecular complexity index is 1140. The second kappa shape index (κ2) is 8.96. The summed E-state index contributed by atoms with van der Waals surface area (Å²) in [7, 11) is 0. The molecule has 0 atom stereocenters. The minimum Gasteiger partial charge on any atom is -0.467 e. The Morgan fingerprint density at radius 3 is 2.67 bits per heavy atom. The monoisotopic (exact) mass is 422 g/mol. The molecule has 0 unspecified atom stereocenters. The summed E-state index contributed by atoms with van der Waals surface area (Å²) in [5, 5.41) is 11.9. The van der Waals surface area contributed by atoms with Crippen LogP contribution in [-0.2, 0) is 12.3 Å². The lowest BCUT2D eigenvalue weighted by Crippen LogP contribution is -2.23. The average molecular weight is 422 g/mol. The molecule has 4 aromatic rings. The number of carbonyl (C=O) groups is 1. The van der Waals surface area contributed by atoms with Crippen LogP contribution in [0.5, 0.6) is 0 Å². The van der Waals surface area contributed by atoms with Gasteiger partial charge in [-0.25, -0.2) is 4.39 Å². The number of hydrogen-bond acceptors (Lipinski definition) is 5. The van der Waals surface area contributed by atoms with Crippen molar-refractivity contribution >= 4 is 17.7 Å². The van der Waals surface area contributed by atoms with E-state index in [4.69, 9.17) is 4.42 Å². The van der Waals surface area contributed by atoms with Crippen molar-refractivity contribution in [2.45, 2.75) is 24.4 Å². The fourth-order valence-corrected chi connectivity index (χ4v) is 4.01. The highest BCUT2D eigenvalue weighted by Crippen LogP contribution is 2.26. The molecule has 0 aliphatic carbocycles. The molecule has 1 N–H and O–H groups in total. The summed E-state index contributed by atoms with van der Waals surface area (Å²) in [5.74, 6) is 1.46. The Morgan fingerprint density at radius 1 is 1.10 bits per heavy atom. The van der Waals surface area contributed by atoms with Crippen LogP contribution in [0, 0.1) is 12.7 Å². The molecule has 30 heavy (non-hydrogen) atoms. The van der Waals surface area contributed by atoms with E-state index >= 15 is 0 Å². The fourth-order valence-electron chi connectivity index (χ4n) is 3.01. The normalized spacial score (nSPS) is 10.9. The molecule has 2 aromatic heterocycles. The molecule has 0 spiro atoms. The largest absolute Gasteiger partial charge is 0.467 e. The van der Waals surface area contributed by atoms with Gasteiger partial charge in [0.2, 0.25) is 0 Å². The Labute approximate surface area is 177 Å². The molecule has 0 aliphatic heterocycles. The van der Waals surface area contributed by atoms with Crippen molar-refractivity contribution in [3.63, 3.8) is 0 Å². The highest BCUT2D eigenvalue weighted by Gasteiger charge is 2.15. The van der Waals surface area contributed by atoms with Crippen LogP contribution in [-0.4, -0.2) is 20.7 Å². The van der Waals surface area contributed by atoms with Gasteiger partial charge in [-0.3, -0.25) is 9.36 Å². The summed E-state index contributed by atoms with van der Waals surface area (Å²) in [6.07, 6.45) is 1.57. The smallest absolute Gasteiger partial charge is 0.251 e. The van der Waals surface area contributed by atoms with E-state index in [1.807, 2.05) is 35.8 Å². The van der Waals surface area contributed by atoms with Crippen molar-refractivity contribution < 1.29 is 13.6 Å². The van der Waals surface area contributed by atoms with Gasteiger partial charge in [-0.1, -0.05) is 30.0 Å². The number of furan rings is 1. The topological polar surface area (TPSA) is 73.0 Å². The first-order valence-corrected chi connectivity index (χ1v) is 10.3. The number of rotatable bonds is 7. The maximum Gasteiger partial charge on any atom is 0.251 e. The molecule has 0 saturated heterocycles. The van der Waals surface area contributed by atoms with E-state index in [0.717, 1.165) is 11.3 Å². The number of nitrogens with zero attached hydrogens (tertiary/aromatic N) is 3. The van der Waals surface area contributed by atoms with Crippen LogP contribution in [0.2, 0.25) is 0 Å². The number of carbonyl (C=O) groups excluding carboxylic acids is 1. The van der Waals surface area contributed by atoms with E-state index in [9.17, 15) is 9.18 Å². The van der Waals surface area contributed by atoms with Crippen LogP contribution in [0.3, 0.4) is 0 Å². The Morgan fingerprint density at radius 2 is 1.90 bits per heavy atom. The Kier molecular flexibility index (Phi) is 5.94. The van der Waals surface area contributed by atoms with E-state index in [1.165, 1.54) is 23.9 Å². The summed E-state index contributed by atoms with van der Waals surface area (Å²) >= 11 is 1.46. The van der Waals surface area contributed by atoms with Gasteiger partial charge in [0, 0.05) is 17.0 Å². The van der Waals surface area contributed by atoms with Gasteiger partial charge in [-0.05, 0) is 55.0 Å². The van der Waals surface area contributed by atoms with Gasteiger partial charge in [-0.15, -0.1) is 10.2 Å². The fraction of sp³-hybridized carbons (Fsp3) is 0.136. The first-order chi connectivity index (χ1) is 14.6. The van der Waals surface area contributed by atoms with Crippen LogP contribution in [0.4, 0.5) is 4.39 Å². The second-order valence-corrected chi connectivity index (χ2v) is 7.49. The number of halogens is 1. The quantitative estimate of drug-likeness (QED) is 0.443. The standard InChI is InChI=1S/C22H19FN4O2S/c1-15-25-26-22(27(15)18-10-8-17(23)9-11-18)30-14-16-5-2-3-7-20(16)21(28)24-13-19-6-4-12-29-19/h2-12H,13-14H2,1H3,(H,24,28). The summed E-state index contributed by atoms with van der Waals surface area (Å²) in [6.45, 7) is 2.17. The number of aryl methyl sites for hydroxylation is 1. The molecule has 2 aromatic carbocycles. The van der Waals surface area contributed by atoms with Gasteiger partial charge in [0.1, 0.15) is 17.4 Å². The van der Waals surface area contributed by atoms with Crippen molar-refractivity contribution in [1.29, 1.82) is 0 Å². The van der Waals surface area contributed by atoms with Crippen LogP contribution < -0.4 is 5.32 Å². The Hall–Kier alpha value is -3.39. The molecular weight excluding hydrogens is 403 g/mol. The van der Waals surface area contributed by atoms with E-state index in [2.05, 4.69) is 15.5 Å². The minimum absolute atomic E-state index is 0.168. The van der Waals surface area contributed by atoms with Gasteiger partial charge in [0.05, 0.1) is 12.8 Å². The lowest BCUT2D eigenvalue weighted by Gasteiger charge is -2.11. The number of benzene rings is 2. The van der Waals surface area contributed by atoms with E-state index < -0.39 is 0 Å². The van der Waals surface area contributed by atoms with Crippen LogP contribution in [0.25, 0.3) is 5.69 Å². The first-order valence-electron chi connectivity index (χ1n) is 9.31. The molecule has 2 heterocycles. The molecule has 4 rings (SSSR count). The molecule has 0 fully saturated rings. The summed E-state index contributed by atoms with van der Waals surface area (Å²) < 4.78 is 20.4. The lowest BCUT2D eigenvalue weighted by atomic mass is 10.1. The summed E-state index contributed by atoms with van der Waals surface area (Å²) in [6, 6.07) is 17.2. The third-order valence-corrected chi connectivity index (χ3v) is 5.48. The van der Waals surface area contributed by atoms with Crippen molar-refractivity contribution in [3.8, 4) is 5.69 Å². The first kappa shape index (κ1) is 19.9. The van der Waals surface area contributed by atoms with Crippen molar-refractivity contribution in [3.05, 3.63) is 95.5 Å². The molecule has 0 aliphatic rings. The Balaban J connectivity index is 1.50. The van der Waals surface area contributed by atoms with Gasteiger partial charge in [-0.2, -0.15) is 0 Å². The van der Waals surface area contributed by atoms with Crippen molar-refractivity contribution in [2.75, 3.05) is 0 Å². The highest BCUT2D eigenvalue weighted by molar-refractivity contribution is 7.98. The highest BCUT2D eigenvalue weighted by atomic mass is 32.2. The third kappa shape index (κ3) is 4.44. The molecule has 6 nitrogen and oxygen atoms in total. The summed E-state index contributed by atoms with van der Waals surface area (Å²) in [4.78, 5) is 12.7. The van der Waals surface area contributed by atoms with Crippen LogP contribution in [0.1, 0.15) is 27.5 Å². The third-order valence-electron chi connectivity index (χ3n) is 4.50. The molecule has 0 saturated carbocycles. The SMILES string of the molecule is Cc1nnc(SCc2ccccc2C(=O)NCc2ccco2)n1-c1ccc(F)cc1. The van der Waals surface area contributed by atoms with Crippen LogP contribution in [0.15, 0.2) is 76.5 Å². The van der Waals surface area contributed by atoms with Gasteiger partial charge >= 0.3 is 0 Å². The van der Waals surface area contributed by atoms with Gasteiger partial charge < -0.3 is 9.73 Å². The van der Waals surface area contributed by atoms with Crippen molar-refractivity contribution in [1.82, 2.24) is 20.1 Å². The van der Waals surface area contributed by atoms with E-state index in [1.54, 1.807) is 30.5 Å². The molecule has 8 heteroatoms. The number of aromatic nitrogens is 3. The maximum absolute atomic E-state index is 13.3. The number of hydrogen-bond donors (Lipinski definition) is 1. The van der Waals surface area contributed by atoms with Crippen molar-refractivity contribution in [2.24, 2.45) is 0 Å². The summed E-state index contributed by atoms with van der Waals surface area (Å²) in [5.41, 5.74) is 2.26. The van der Waals surface area contributed by atoms with E-state index in [0.29, 0.717) is 34.6 Å². The predicted octanol–water partition coefficient (Wildman–Crippen LogP) is 4.53. The minimum atomic E-state index is -0.298. The lowest BCUT2D eigenvalue weighted by molar-refractivity contribution is 0.0947. The zero-order valence-corrected chi connectivity index (χ0v) is 17.0. The number of nitrogens with one attached hydrogen (secondary N) is 1. The van der Waals surface area contributed by atoms with Gasteiger partial charge in [0.25, 0.3) is 5.91 Å². The zero-order chi connectivity index (χ0) is 20.9.